The molecule has 2 heterocycles. The molecule has 1 aromatic carbocycles. The first-order valence-electron chi connectivity index (χ1n) is 7.50. The Balaban J connectivity index is 1.92. The van der Waals surface area contributed by atoms with Crippen LogP contribution in [0.4, 0.5) is 0 Å². The zero-order valence-corrected chi connectivity index (χ0v) is 12.7. The Kier molecular flexibility index (Phi) is 2.69. The summed E-state index contributed by atoms with van der Waals surface area (Å²) in [6, 6.07) is 10.0. The molecule has 0 radical (unpaired) electrons. The Hall–Kier alpha value is -2.20. The molecule has 1 aliphatic carbocycles. The normalized spacial score (nSPS) is 23.4. The fourth-order valence-corrected chi connectivity index (χ4v) is 3.79. The molecular formula is C18H18N2O2. The molecule has 1 unspecified atom stereocenters. The largest absolute Gasteiger partial charge is 0.383 e. The first-order valence-corrected chi connectivity index (χ1v) is 7.50. The minimum Gasteiger partial charge on any atom is -0.383 e. The fourth-order valence-electron chi connectivity index (χ4n) is 3.79. The molecule has 4 nitrogen and oxygen atoms in total. The lowest BCUT2D eigenvalue weighted by Crippen LogP contribution is -2.41. The summed E-state index contributed by atoms with van der Waals surface area (Å²) in [5.41, 5.74) is 0.416. The van der Waals surface area contributed by atoms with Gasteiger partial charge in [0.1, 0.15) is 11.4 Å². The zero-order chi connectivity index (χ0) is 15.4. The molecule has 1 aliphatic rings. The van der Waals surface area contributed by atoms with Gasteiger partial charge in [-0.05, 0) is 17.9 Å². The maximum absolute atomic E-state index is 11.4. The lowest BCUT2D eigenvalue weighted by Gasteiger charge is -2.39. The van der Waals surface area contributed by atoms with Gasteiger partial charge in [0, 0.05) is 29.0 Å². The number of aliphatic hydroxyl groups is 1. The lowest BCUT2D eigenvalue weighted by molar-refractivity contribution is -0.00819. The Labute approximate surface area is 128 Å². The number of benzene rings is 1. The molecule has 4 heteroatoms. The first-order chi connectivity index (χ1) is 10.5. The van der Waals surface area contributed by atoms with Crippen molar-refractivity contribution < 1.29 is 9.63 Å². The summed E-state index contributed by atoms with van der Waals surface area (Å²) < 4.78 is 5.41. The van der Waals surface area contributed by atoms with Gasteiger partial charge >= 0.3 is 0 Å². The zero-order valence-electron chi connectivity index (χ0n) is 12.7. The highest BCUT2D eigenvalue weighted by Crippen LogP contribution is 2.46. The van der Waals surface area contributed by atoms with Crippen LogP contribution in [0.25, 0.3) is 10.8 Å². The second-order valence-corrected chi connectivity index (χ2v) is 6.83. The second kappa shape index (κ2) is 4.40. The summed E-state index contributed by atoms with van der Waals surface area (Å²) in [5.74, 6) is 0.873. The van der Waals surface area contributed by atoms with Crippen molar-refractivity contribution in [3.63, 3.8) is 0 Å². The SMILES string of the molecule is CC1(C)CC(O)(c2nccc3ccccc23)Cc2cnoc21. The molecule has 4 rings (SSSR count). The van der Waals surface area contributed by atoms with Gasteiger partial charge in [-0.1, -0.05) is 43.3 Å². The fraction of sp³-hybridized carbons (Fsp3) is 0.333. The monoisotopic (exact) mass is 294 g/mol. The number of hydrogen-bond acceptors (Lipinski definition) is 4. The van der Waals surface area contributed by atoms with Crippen molar-refractivity contribution in [2.45, 2.75) is 37.7 Å². The smallest absolute Gasteiger partial charge is 0.145 e. The van der Waals surface area contributed by atoms with E-state index in [2.05, 4.69) is 24.0 Å². The molecule has 0 aliphatic heterocycles. The highest BCUT2D eigenvalue weighted by Gasteiger charge is 2.47. The molecule has 1 N–H and O–H groups in total. The van der Waals surface area contributed by atoms with E-state index in [1.807, 2.05) is 30.3 Å². The minimum atomic E-state index is -1.01. The highest BCUT2D eigenvalue weighted by atomic mass is 16.5. The van der Waals surface area contributed by atoms with Crippen LogP contribution < -0.4 is 0 Å². The molecule has 3 aromatic rings. The van der Waals surface area contributed by atoms with Gasteiger partial charge in [0.2, 0.25) is 0 Å². The summed E-state index contributed by atoms with van der Waals surface area (Å²) in [5, 5.41) is 17.4. The Morgan fingerprint density at radius 3 is 2.86 bits per heavy atom. The van der Waals surface area contributed by atoms with E-state index in [1.54, 1.807) is 12.4 Å². The average molecular weight is 294 g/mol. The van der Waals surface area contributed by atoms with E-state index in [0.717, 1.165) is 27.8 Å². The van der Waals surface area contributed by atoms with Crippen molar-refractivity contribution in [3.05, 3.63) is 59.7 Å². The van der Waals surface area contributed by atoms with Crippen molar-refractivity contribution in [2.75, 3.05) is 0 Å². The van der Waals surface area contributed by atoms with E-state index in [0.29, 0.717) is 12.8 Å². The van der Waals surface area contributed by atoms with Crippen molar-refractivity contribution in [2.24, 2.45) is 0 Å². The summed E-state index contributed by atoms with van der Waals surface area (Å²) >= 11 is 0. The van der Waals surface area contributed by atoms with Crippen LogP contribution in [0, 0.1) is 0 Å². The number of nitrogens with zero attached hydrogens (tertiary/aromatic N) is 2. The van der Waals surface area contributed by atoms with Gasteiger partial charge in [-0.3, -0.25) is 4.98 Å². The predicted octanol–water partition coefficient (Wildman–Crippen LogP) is 3.33. The molecule has 1 atom stereocenters. The average Bonchev–Trinajstić information content (AvgIpc) is 2.95. The molecule has 0 spiro atoms. The van der Waals surface area contributed by atoms with Crippen LogP contribution in [0.15, 0.2) is 47.2 Å². The third kappa shape index (κ3) is 1.87. The summed E-state index contributed by atoms with van der Waals surface area (Å²) in [6.45, 7) is 4.15. The lowest BCUT2D eigenvalue weighted by atomic mass is 9.68. The van der Waals surface area contributed by atoms with Crippen LogP contribution in [-0.4, -0.2) is 15.2 Å². The van der Waals surface area contributed by atoms with E-state index in [-0.39, 0.29) is 5.41 Å². The van der Waals surface area contributed by atoms with Gasteiger partial charge in [-0.25, -0.2) is 0 Å². The van der Waals surface area contributed by atoms with Crippen LogP contribution >= 0.6 is 0 Å². The van der Waals surface area contributed by atoms with Crippen molar-refractivity contribution >= 4 is 10.8 Å². The molecule has 0 amide bonds. The molecule has 0 bridgehead atoms. The number of hydrogen-bond donors (Lipinski definition) is 1. The predicted molar refractivity (Wildman–Crippen MR) is 83.5 cm³/mol. The molecule has 112 valence electrons. The Bertz CT molecular complexity index is 848. The number of fused-ring (bicyclic) bond motifs is 2. The first kappa shape index (κ1) is 13.5. The van der Waals surface area contributed by atoms with E-state index in [9.17, 15) is 5.11 Å². The van der Waals surface area contributed by atoms with E-state index < -0.39 is 5.60 Å². The summed E-state index contributed by atoms with van der Waals surface area (Å²) in [7, 11) is 0. The standard InChI is InChI=1S/C18H18N2O2/c1-17(2)11-18(21,9-13-10-20-22-16(13)17)15-14-6-4-3-5-12(14)7-8-19-15/h3-8,10,21H,9,11H2,1-2H3. The minimum absolute atomic E-state index is 0.280. The van der Waals surface area contributed by atoms with E-state index >= 15 is 0 Å². The van der Waals surface area contributed by atoms with Gasteiger partial charge in [0.05, 0.1) is 11.9 Å². The maximum Gasteiger partial charge on any atom is 0.145 e. The van der Waals surface area contributed by atoms with E-state index in [4.69, 9.17) is 4.52 Å². The van der Waals surface area contributed by atoms with Gasteiger partial charge in [-0.2, -0.15) is 0 Å². The number of pyridine rings is 1. The van der Waals surface area contributed by atoms with Gasteiger partial charge in [0.15, 0.2) is 0 Å². The van der Waals surface area contributed by atoms with Crippen molar-refractivity contribution in [1.82, 2.24) is 10.1 Å². The van der Waals surface area contributed by atoms with Gasteiger partial charge in [0.25, 0.3) is 0 Å². The number of aromatic nitrogens is 2. The van der Waals surface area contributed by atoms with Crippen LogP contribution in [0.5, 0.6) is 0 Å². The van der Waals surface area contributed by atoms with Crippen molar-refractivity contribution in [1.29, 1.82) is 0 Å². The molecule has 2 aromatic heterocycles. The summed E-state index contributed by atoms with van der Waals surface area (Å²) in [6.07, 6.45) is 4.53. The molecule has 0 saturated carbocycles. The molecular weight excluding hydrogens is 276 g/mol. The number of rotatable bonds is 1. The second-order valence-electron chi connectivity index (χ2n) is 6.83. The van der Waals surface area contributed by atoms with E-state index in [1.165, 1.54) is 0 Å². The van der Waals surface area contributed by atoms with Crippen molar-refractivity contribution in [3.8, 4) is 0 Å². The Morgan fingerprint density at radius 1 is 1.18 bits per heavy atom. The maximum atomic E-state index is 11.4. The van der Waals surface area contributed by atoms with Crippen LogP contribution in [0.2, 0.25) is 0 Å². The van der Waals surface area contributed by atoms with Crippen LogP contribution in [0.1, 0.15) is 37.3 Å². The van der Waals surface area contributed by atoms with Gasteiger partial charge in [-0.15, -0.1) is 0 Å². The van der Waals surface area contributed by atoms with Crippen LogP contribution in [0.3, 0.4) is 0 Å². The Morgan fingerprint density at radius 2 is 2.00 bits per heavy atom. The molecule has 0 fully saturated rings. The quantitative estimate of drug-likeness (QED) is 0.748. The topological polar surface area (TPSA) is 59.2 Å². The third-order valence-corrected chi connectivity index (χ3v) is 4.59. The molecule has 22 heavy (non-hydrogen) atoms. The van der Waals surface area contributed by atoms with Crippen LogP contribution in [-0.2, 0) is 17.4 Å². The highest BCUT2D eigenvalue weighted by molar-refractivity contribution is 5.85. The molecule has 0 saturated heterocycles. The summed E-state index contributed by atoms with van der Waals surface area (Å²) in [4.78, 5) is 4.52. The third-order valence-electron chi connectivity index (χ3n) is 4.59. The van der Waals surface area contributed by atoms with Gasteiger partial charge < -0.3 is 9.63 Å².